The van der Waals surface area contributed by atoms with Crippen molar-refractivity contribution in [3.05, 3.63) is 59.7 Å². The summed E-state index contributed by atoms with van der Waals surface area (Å²) in [6.07, 6.45) is 4.39. The van der Waals surface area contributed by atoms with Crippen LogP contribution in [0.2, 0.25) is 0 Å². The van der Waals surface area contributed by atoms with Crippen LogP contribution in [0.4, 0.5) is 5.69 Å². The summed E-state index contributed by atoms with van der Waals surface area (Å²) in [5, 5.41) is 2.79. The molecule has 0 radical (unpaired) electrons. The van der Waals surface area contributed by atoms with Crippen LogP contribution in [-0.4, -0.2) is 54.3 Å². The van der Waals surface area contributed by atoms with E-state index >= 15 is 0 Å². The number of methoxy groups -OCH3 is 1. The molecule has 4 rings (SSSR count). The lowest BCUT2D eigenvalue weighted by atomic mass is 9.88. The molecule has 8 nitrogen and oxygen atoms in total. The van der Waals surface area contributed by atoms with Gasteiger partial charge in [-0.2, -0.15) is 0 Å². The van der Waals surface area contributed by atoms with E-state index < -0.39 is 11.6 Å². The van der Waals surface area contributed by atoms with Gasteiger partial charge in [-0.1, -0.05) is 18.6 Å². The molecule has 2 amide bonds. The zero-order chi connectivity index (χ0) is 24.1. The minimum atomic E-state index is -0.720. The van der Waals surface area contributed by atoms with Crippen LogP contribution in [0.25, 0.3) is 0 Å². The Morgan fingerprint density at radius 1 is 1.06 bits per heavy atom. The molecule has 0 atom stereocenters. The number of ether oxygens (including phenoxy) is 2. The third-order valence-corrected chi connectivity index (χ3v) is 6.29. The van der Waals surface area contributed by atoms with Crippen LogP contribution in [0.1, 0.15) is 54.9 Å². The molecule has 1 saturated carbocycles. The normalized spacial score (nSPS) is 16.8. The van der Waals surface area contributed by atoms with Gasteiger partial charge >= 0.3 is 5.97 Å². The van der Waals surface area contributed by atoms with Crippen molar-refractivity contribution in [3.8, 4) is 5.75 Å². The van der Waals surface area contributed by atoms with Gasteiger partial charge in [-0.3, -0.25) is 14.6 Å². The standard InChI is InChI=1S/C26H29N3O5/c1-3-34-25(32)20-9-5-6-10-21(20)27-22(30)17-29-24(31)23(18-11-13-19(33-2)14-12-18)28-26(29)15-7-4-8-16-26/h5-6,9-14H,3-4,7-8,15-17H2,1-2H3,(H,27,30). The summed E-state index contributed by atoms with van der Waals surface area (Å²) in [6, 6.07) is 13.9. The van der Waals surface area contributed by atoms with Crippen molar-refractivity contribution in [1.82, 2.24) is 4.90 Å². The first-order chi connectivity index (χ1) is 16.5. The highest BCUT2D eigenvalue weighted by atomic mass is 16.5. The third-order valence-electron chi connectivity index (χ3n) is 6.29. The molecule has 1 heterocycles. The Morgan fingerprint density at radius 2 is 1.76 bits per heavy atom. The number of esters is 1. The minimum absolute atomic E-state index is 0.154. The lowest BCUT2D eigenvalue weighted by Gasteiger charge is -2.38. The lowest BCUT2D eigenvalue weighted by Crippen LogP contribution is -2.51. The van der Waals surface area contributed by atoms with Crippen LogP contribution >= 0.6 is 0 Å². The number of nitrogens with one attached hydrogen (secondary N) is 1. The topological polar surface area (TPSA) is 97.3 Å². The highest BCUT2D eigenvalue weighted by Crippen LogP contribution is 2.39. The van der Waals surface area contributed by atoms with Crippen molar-refractivity contribution >= 4 is 29.2 Å². The lowest BCUT2D eigenvalue weighted by molar-refractivity contribution is -0.134. The summed E-state index contributed by atoms with van der Waals surface area (Å²) in [5.74, 6) is -0.467. The van der Waals surface area contributed by atoms with Gasteiger partial charge in [0.2, 0.25) is 5.91 Å². The molecule has 0 bridgehead atoms. The number of hydrogen-bond acceptors (Lipinski definition) is 6. The summed E-state index contributed by atoms with van der Waals surface area (Å²) >= 11 is 0. The van der Waals surface area contributed by atoms with Crippen molar-refractivity contribution < 1.29 is 23.9 Å². The Hall–Kier alpha value is -3.68. The predicted molar refractivity (Wildman–Crippen MR) is 128 cm³/mol. The molecule has 1 aliphatic carbocycles. The molecule has 2 aromatic carbocycles. The van der Waals surface area contributed by atoms with Crippen LogP contribution in [-0.2, 0) is 14.3 Å². The number of aliphatic imine (C=N–C) groups is 1. The number of nitrogens with zero attached hydrogens (tertiary/aromatic N) is 2. The minimum Gasteiger partial charge on any atom is -0.497 e. The molecule has 2 aromatic rings. The summed E-state index contributed by atoms with van der Waals surface area (Å²) in [5.41, 5.74) is 0.970. The molecule has 178 valence electrons. The van der Waals surface area contributed by atoms with Gasteiger partial charge in [0.15, 0.2) is 0 Å². The molecule has 0 unspecified atom stereocenters. The number of anilines is 1. The maximum absolute atomic E-state index is 13.5. The number of para-hydroxylation sites is 1. The summed E-state index contributed by atoms with van der Waals surface area (Å²) in [4.78, 5) is 45.3. The van der Waals surface area contributed by atoms with Gasteiger partial charge in [-0.15, -0.1) is 0 Å². The maximum atomic E-state index is 13.5. The zero-order valence-electron chi connectivity index (χ0n) is 19.5. The second-order valence-corrected chi connectivity index (χ2v) is 8.44. The van der Waals surface area contributed by atoms with Crippen LogP contribution in [0.3, 0.4) is 0 Å². The molecule has 34 heavy (non-hydrogen) atoms. The van der Waals surface area contributed by atoms with E-state index in [0.717, 1.165) is 19.3 Å². The molecule has 1 N–H and O–H groups in total. The predicted octanol–water partition coefficient (Wildman–Crippen LogP) is 3.80. The molecule has 1 aliphatic heterocycles. The van der Waals surface area contributed by atoms with Crippen molar-refractivity contribution in [2.75, 3.05) is 25.6 Å². The van der Waals surface area contributed by atoms with E-state index in [1.165, 1.54) is 0 Å². The highest BCUT2D eigenvalue weighted by molar-refractivity contribution is 6.47. The van der Waals surface area contributed by atoms with Crippen molar-refractivity contribution in [2.24, 2.45) is 4.99 Å². The van der Waals surface area contributed by atoms with Gasteiger partial charge in [0.25, 0.3) is 5.91 Å². The van der Waals surface area contributed by atoms with E-state index in [1.807, 2.05) is 12.1 Å². The molecular weight excluding hydrogens is 434 g/mol. The smallest absolute Gasteiger partial charge is 0.340 e. The first-order valence-corrected chi connectivity index (χ1v) is 11.6. The van der Waals surface area contributed by atoms with E-state index in [2.05, 4.69) is 5.32 Å². The summed E-state index contributed by atoms with van der Waals surface area (Å²) in [7, 11) is 1.59. The van der Waals surface area contributed by atoms with Crippen molar-refractivity contribution in [1.29, 1.82) is 0 Å². The molecular formula is C26H29N3O5. The number of hydrogen-bond donors (Lipinski definition) is 1. The third kappa shape index (κ3) is 4.66. The largest absolute Gasteiger partial charge is 0.497 e. The maximum Gasteiger partial charge on any atom is 0.340 e. The SMILES string of the molecule is CCOC(=O)c1ccccc1NC(=O)CN1C(=O)C(c2ccc(OC)cc2)=NC12CCCCC2. The fourth-order valence-electron chi connectivity index (χ4n) is 4.60. The Morgan fingerprint density at radius 3 is 2.44 bits per heavy atom. The monoisotopic (exact) mass is 463 g/mol. The van der Waals surface area contributed by atoms with E-state index in [4.69, 9.17) is 14.5 Å². The van der Waals surface area contributed by atoms with E-state index in [1.54, 1.807) is 55.3 Å². The Bertz CT molecular complexity index is 1100. The fourth-order valence-corrected chi connectivity index (χ4v) is 4.60. The molecule has 8 heteroatoms. The number of carbonyl (C=O) groups excluding carboxylic acids is 3. The van der Waals surface area contributed by atoms with Crippen LogP contribution in [0, 0.1) is 0 Å². The van der Waals surface area contributed by atoms with Crippen molar-refractivity contribution in [3.63, 3.8) is 0 Å². The zero-order valence-corrected chi connectivity index (χ0v) is 19.5. The first kappa shape index (κ1) is 23.5. The molecule has 2 aliphatic rings. The average molecular weight is 464 g/mol. The van der Waals surface area contributed by atoms with Crippen LogP contribution in [0.15, 0.2) is 53.5 Å². The van der Waals surface area contributed by atoms with Crippen molar-refractivity contribution in [2.45, 2.75) is 44.7 Å². The molecule has 0 aromatic heterocycles. The number of rotatable bonds is 7. The van der Waals surface area contributed by atoms with Gasteiger partial charge in [-0.05, 0) is 69.0 Å². The van der Waals surface area contributed by atoms with Gasteiger partial charge in [-0.25, -0.2) is 4.79 Å². The quantitative estimate of drug-likeness (QED) is 0.630. The number of benzene rings is 2. The van der Waals surface area contributed by atoms with Crippen LogP contribution < -0.4 is 10.1 Å². The second-order valence-electron chi connectivity index (χ2n) is 8.44. The molecule has 1 fully saturated rings. The van der Waals surface area contributed by atoms with E-state index in [9.17, 15) is 14.4 Å². The number of carbonyl (C=O) groups is 3. The molecule has 1 spiro atoms. The highest BCUT2D eigenvalue weighted by Gasteiger charge is 2.48. The second kappa shape index (κ2) is 10.1. The first-order valence-electron chi connectivity index (χ1n) is 11.6. The number of amides is 2. The van der Waals surface area contributed by atoms with Gasteiger partial charge in [0.05, 0.1) is 25.0 Å². The van der Waals surface area contributed by atoms with Gasteiger partial charge in [0, 0.05) is 5.56 Å². The Labute approximate surface area is 199 Å². The fraction of sp³-hybridized carbons (Fsp3) is 0.385. The van der Waals surface area contributed by atoms with E-state index in [-0.39, 0.29) is 30.5 Å². The van der Waals surface area contributed by atoms with Crippen LogP contribution in [0.5, 0.6) is 5.75 Å². The summed E-state index contributed by atoms with van der Waals surface area (Å²) in [6.45, 7) is 1.80. The molecule has 0 saturated heterocycles. The van der Waals surface area contributed by atoms with Gasteiger partial charge in [0.1, 0.15) is 23.7 Å². The summed E-state index contributed by atoms with van der Waals surface area (Å²) < 4.78 is 10.3. The average Bonchev–Trinajstić information content (AvgIpc) is 3.11. The Kier molecular flexibility index (Phi) is 6.95. The Balaban J connectivity index is 1.57. The van der Waals surface area contributed by atoms with Gasteiger partial charge < -0.3 is 19.7 Å². The van der Waals surface area contributed by atoms with E-state index in [0.29, 0.717) is 35.6 Å².